The molecule has 2 aromatic carbocycles. The SMILES string of the molecule is CCC(Oc1cccc(C)c1)C(=O)NNC(=O)COc1ccccc1C(C)CC. The molecule has 6 nitrogen and oxygen atoms in total. The number of benzene rings is 2. The van der Waals surface area contributed by atoms with Crippen molar-refractivity contribution in [3.05, 3.63) is 59.7 Å². The van der Waals surface area contributed by atoms with Gasteiger partial charge in [-0.25, -0.2) is 0 Å². The Morgan fingerprint density at radius 1 is 1.00 bits per heavy atom. The van der Waals surface area contributed by atoms with Gasteiger partial charge in [-0.2, -0.15) is 0 Å². The number of para-hydroxylation sites is 1. The molecular formula is C23H30N2O4. The fraction of sp³-hybridized carbons (Fsp3) is 0.391. The number of rotatable bonds is 9. The number of ether oxygens (including phenoxy) is 2. The molecule has 6 heteroatoms. The van der Waals surface area contributed by atoms with Gasteiger partial charge in [0.25, 0.3) is 11.8 Å². The second kappa shape index (κ2) is 11.1. The minimum atomic E-state index is -0.704. The van der Waals surface area contributed by atoms with Crippen molar-refractivity contribution in [1.29, 1.82) is 0 Å². The Kier molecular flexibility index (Phi) is 8.52. The highest BCUT2D eigenvalue weighted by Crippen LogP contribution is 2.28. The highest BCUT2D eigenvalue weighted by Gasteiger charge is 2.19. The van der Waals surface area contributed by atoms with Crippen LogP contribution in [0.1, 0.15) is 50.7 Å². The summed E-state index contributed by atoms with van der Waals surface area (Å²) in [5.41, 5.74) is 6.90. The second-order valence-corrected chi connectivity index (χ2v) is 7.00. The van der Waals surface area contributed by atoms with Crippen LogP contribution in [0.5, 0.6) is 11.5 Å². The van der Waals surface area contributed by atoms with Crippen LogP contribution in [0.25, 0.3) is 0 Å². The zero-order valence-corrected chi connectivity index (χ0v) is 17.5. The van der Waals surface area contributed by atoms with Gasteiger partial charge < -0.3 is 9.47 Å². The molecule has 29 heavy (non-hydrogen) atoms. The molecule has 0 fully saturated rings. The second-order valence-electron chi connectivity index (χ2n) is 7.00. The van der Waals surface area contributed by atoms with Crippen LogP contribution in [0, 0.1) is 6.92 Å². The van der Waals surface area contributed by atoms with Crippen molar-refractivity contribution < 1.29 is 19.1 Å². The van der Waals surface area contributed by atoms with Gasteiger partial charge in [-0.05, 0) is 55.0 Å². The van der Waals surface area contributed by atoms with Gasteiger partial charge in [0, 0.05) is 0 Å². The molecule has 2 N–H and O–H groups in total. The van der Waals surface area contributed by atoms with Crippen LogP contribution in [0.4, 0.5) is 0 Å². The van der Waals surface area contributed by atoms with Gasteiger partial charge in [0.05, 0.1) is 0 Å². The molecule has 2 amide bonds. The van der Waals surface area contributed by atoms with Crippen LogP contribution < -0.4 is 20.3 Å². The molecule has 0 aliphatic carbocycles. The molecule has 2 aromatic rings. The molecule has 0 radical (unpaired) electrons. The van der Waals surface area contributed by atoms with Gasteiger partial charge in [-0.15, -0.1) is 0 Å². The maximum absolute atomic E-state index is 12.3. The van der Waals surface area contributed by atoms with Crippen molar-refractivity contribution in [1.82, 2.24) is 10.9 Å². The van der Waals surface area contributed by atoms with E-state index in [1.54, 1.807) is 6.07 Å². The summed E-state index contributed by atoms with van der Waals surface area (Å²) >= 11 is 0. The Hall–Kier alpha value is -3.02. The molecule has 0 heterocycles. The summed E-state index contributed by atoms with van der Waals surface area (Å²) in [6, 6.07) is 15.1. The lowest BCUT2D eigenvalue weighted by Gasteiger charge is -2.18. The van der Waals surface area contributed by atoms with Crippen LogP contribution >= 0.6 is 0 Å². The minimum Gasteiger partial charge on any atom is -0.483 e. The predicted molar refractivity (Wildman–Crippen MR) is 113 cm³/mol. The number of hydrogen-bond donors (Lipinski definition) is 2. The number of carbonyl (C=O) groups excluding carboxylic acids is 2. The molecule has 0 saturated carbocycles. The molecule has 0 saturated heterocycles. The van der Waals surface area contributed by atoms with Gasteiger partial charge in [-0.3, -0.25) is 20.4 Å². The first-order valence-electron chi connectivity index (χ1n) is 9.98. The molecular weight excluding hydrogens is 368 g/mol. The summed E-state index contributed by atoms with van der Waals surface area (Å²) in [5, 5.41) is 0. The number of hydrazine groups is 1. The number of aryl methyl sites for hydroxylation is 1. The van der Waals surface area contributed by atoms with Gasteiger partial charge in [0.15, 0.2) is 12.7 Å². The molecule has 2 rings (SSSR count). The fourth-order valence-electron chi connectivity index (χ4n) is 2.81. The summed E-state index contributed by atoms with van der Waals surface area (Å²) in [7, 11) is 0. The standard InChI is InChI=1S/C23H30N2O4/c1-5-17(4)19-12-7-8-13-21(19)28-15-22(26)24-25-23(27)20(6-2)29-18-11-9-10-16(3)14-18/h7-14,17,20H,5-6,15H2,1-4H3,(H,24,26)(H,25,27). The van der Waals surface area contributed by atoms with Crippen molar-refractivity contribution in [3.8, 4) is 11.5 Å². The Balaban J connectivity index is 1.84. The third kappa shape index (κ3) is 6.82. The summed E-state index contributed by atoms with van der Waals surface area (Å²) in [6.07, 6.45) is 0.736. The van der Waals surface area contributed by atoms with E-state index in [9.17, 15) is 9.59 Å². The van der Waals surface area contributed by atoms with Crippen molar-refractivity contribution in [3.63, 3.8) is 0 Å². The lowest BCUT2D eigenvalue weighted by Crippen LogP contribution is -2.49. The molecule has 0 bridgehead atoms. The highest BCUT2D eigenvalue weighted by molar-refractivity contribution is 5.85. The minimum absolute atomic E-state index is 0.191. The summed E-state index contributed by atoms with van der Waals surface area (Å²) < 4.78 is 11.4. The van der Waals surface area contributed by atoms with Crippen LogP contribution in [0.15, 0.2) is 48.5 Å². The predicted octanol–water partition coefficient (Wildman–Crippen LogP) is 3.89. The third-order valence-electron chi connectivity index (χ3n) is 4.68. The zero-order valence-electron chi connectivity index (χ0n) is 17.5. The van der Waals surface area contributed by atoms with E-state index in [1.165, 1.54) is 0 Å². The number of hydrogen-bond acceptors (Lipinski definition) is 4. The molecule has 156 valence electrons. The van der Waals surface area contributed by atoms with E-state index in [0.29, 0.717) is 23.8 Å². The molecule has 2 unspecified atom stereocenters. The number of nitrogens with one attached hydrogen (secondary N) is 2. The zero-order chi connectivity index (χ0) is 21.2. The third-order valence-corrected chi connectivity index (χ3v) is 4.68. The van der Waals surface area contributed by atoms with Crippen molar-refractivity contribution in [2.24, 2.45) is 0 Å². The Morgan fingerprint density at radius 2 is 1.76 bits per heavy atom. The molecule has 0 spiro atoms. The van der Waals surface area contributed by atoms with Gasteiger partial charge in [0.1, 0.15) is 11.5 Å². The summed E-state index contributed by atoms with van der Waals surface area (Å²) in [6.45, 7) is 7.82. The smallest absolute Gasteiger partial charge is 0.279 e. The van der Waals surface area contributed by atoms with E-state index in [4.69, 9.17) is 9.47 Å². The largest absolute Gasteiger partial charge is 0.483 e. The maximum atomic E-state index is 12.3. The lowest BCUT2D eigenvalue weighted by molar-refractivity contribution is -0.134. The summed E-state index contributed by atoms with van der Waals surface area (Å²) in [5.74, 6) is 0.768. The normalized spacial score (nSPS) is 12.6. The van der Waals surface area contributed by atoms with E-state index < -0.39 is 17.9 Å². The first kappa shape index (κ1) is 22.3. The molecule has 0 aliphatic heterocycles. The van der Waals surface area contributed by atoms with Crippen LogP contribution in [0.3, 0.4) is 0 Å². The Morgan fingerprint density at radius 3 is 2.45 bits per heavy atom. The molecule has 0 aliphatic rings. The van der Waals surface area contributed by atoms with E-state index in [1.807, 2.05) is 56.3 Å². The number of carbonyl (C=O) groups is 2. The molecule has 0 aromatic heterocycles. The highest BCUT2D eigenvalue weighted by atomic mass is 16.5. The van der Waals surface area contributed by atoms with Crippen molar-refractivity contribution in [2.75, 3.05) is 6.61 Å². The van der Waals surface area contributed by atoms with Crippen molar-refractivity contribution >= 4 is 11.8 Å². The monoisotopic (exact) mass is 398 g/mol. The lowest BCUT2D eigenvalue weighted by atomic mass is 9.98. The van der Waals surface area contributed by atoms with Gasteiger partial charge >= 0.3 is 0 Å². The van der Waals surface area contributed by atoms with E-state index >= 15 is 0 Å². The Labute approximate surface area is 172 Å². The van der Waals surface area contributed by atoms with Crippen LogP contribution in [-0.4, -0.2) is 24.5 Å². The van der Waals surface area contributed by atoms with Crippen molar-refractivity contribution in [2.45, 2.75) is 52.6 Å². The van der Waals surface area contributed by atoms with Crippen LogP contribution in [0.2, 0.25) is 0 Å². The summed E-state index contributed by atoms with van der Waals surface area (Å²) in [4.78, 5) is 24.4. The van der Waals surface area contributed by atoms with E-state index in [-0.39, 0.29) is 6.61 Å². The van der Waals surface area contributed by atoms with Gasteiger partial charge in [-0.1, -0.05) is 51.1 Å². The van der Waals surface area contributed by atoms with E-state index in [0.717, 1.165) is 17.5 Å². The number of amides is 2. The fourth-order valence-corrected chi connectivity index (χ4v) is 2.81. The average Bonchev–Trinajstić information content (AvgIpc) is 2.74. The van der Waals surface area contributed by atoms with Crippen LogP contribution in [-0.2, 0) is 9.59 Å². The quantitative estimate of drug-likeness (QED) is 0.628. The Bertz CT molecular complexity index is 822. The maximum Gasteiger partial charge on any atom is 0.279 e. The first-order valence-corrected chi connectivity index (χ1v) is 9.98. The topological polar surface area (TPSA) is 76.7 Å². The molecule has 2 atom stereocenters. The first-order chi connectivity index (χ1) is 13.9. The average molecular weight is 399 g/mol. The van der Waals surface area contributed by atoms with Gasteiger partial charge in [0.2, 0.25) is 0 Å². The van der Waals surface area contributed by atoms with E-state index in [2.05, 4.69) is 24.7 Å².